The predicted molar refractivity (Wildman–Crippen MR) is 86.7 cm³/mol. The van der Waals surface area contributed by atoms with Crippen molar-refractivity contribution >= 4 is 38.8 Å². The standard InChI is InChI=1S/C13H15F3N2O4S2/c1-24(21,22)7-10(11(19)20)18-12(23)17-9-4-2-8(3-5-9)6-13(14,15)16/h2-5,10H,6-7H2,1H3,(H,19,20)(H2,17,18,23). The molecular weight excluding hydrogens is 369 g/mol. The third-order valence-electron chi connectivity index (χ3n) is 2.69. The van der Waals surface area contributed by atoms with Gasteiger partial charge in [-0.2, -0.15) is 13.2 Å². The molecule has 0 saturated carbocycles. The van der Waals surface area contributed by atoms with Crippen molar-refractivity contribution in [1.29, 1.82) is 0 Å². The minimum absolute atomic E-state index is 0.0624. The summed E-state index contributed by atoms with van der Waals surface area (Å²) in [6.07, 6.45) is -4.49. The summed E-state index contributed by atoms with van der Waals surface area (Å²) in [6.45, 7) is 0. The number of alkyl halides is 3. The maximum Gasteiger partial charge on any atom is 0.393 e. The Morgan fingerprint density at radius 2 is 1.83 bits per heavy atom. The van der Waals surface area contributed by atoms with Crippen molar-refractivity contribution in [2.24, 2.45) is 0 Å². The van der Waals surface area contributed by atoms with E-state index >= 15 is 0 Å². The highest BCUT2D eigenvalue weighted by Gasteiger charge is 2.27. The Hall–Kier alpha value is -1.88. The number of hydrogen-bond donors (Lipinski definition) is 3. The predicted octanol–water partition coefficient (Wildman–Crippen LogP) is 1.58. The molecular formula is C13H15F3N2O4S2. The van der Waals surface area contributed by atoms with Crippen molar-refractivity contribution in [2.75, 3.05) is 17.3 Å². The van der Waals surface area contributed by atoms with E-state index in [1.54, 1.807) is 0 Å². The van der Waals surface area contributed by atoms with Crippen molar-refractivity contribution in [3.05, 3.63) is 29.8 Å². The van der Waals surface area contributed by atoms with Crippen LogP contribution in [-0.2, 0) is 21.1 Å². The largest absolute Gasteiger partial charge is 0.480 e. The number of benzene rings is 1. The van der Waals surface area contributed by atoms with Crippen LogP contribution in [0.25, 0.3) is 0 Å². The Morgan fingerprint density at radius 1 is 1.29 bits per heavy atom. The topological polar surface area (TPSA) is 95.5 Å². The molecule has 0 bridgehead atoms. The van der Waals surface area contributed by atoms with Crippen molar-refractivity contribution in [3.8, 4) is 0 Å². The zero-order chi connectivity index (χ0) is 18.5. The highest BCUT2D eigenvalue weighted by atomic mass is 32.2. The van der Waals surface area contributed by atoms with Gasteiger partial charge in [0.05, 0.1) is 12.2 Å². The van der Waals surface area contributed by atoms with Gasteiger partial charge in [-0.25, -0.2) is 13.2 Å². The van der Waals surface area contributed by atoms with Gasteiger partial charge in [0.1, 0.15) is 15.9 Å². The average molecular weight is 384 g/mol. The molecule has 0 saturated heterocycles. The van der Waals surface area contributed by atoms with Crippen LogP contribution >= 0.6 is 12.2 Å². The van der Waals surface area contributed by atoms with E-state index in [1.165, 1.54) is 24.3 Å². The normalized spacial score (nSPS) is 13.2. The molecule has 0 amide bonds. The van der Waals surface area contributed by atoms with Crippen LogP contribution < -0.4 is 10.6 Å². The summed E-state index contributed by atoms with van der Waals surface area (Å²) in [5.74, 6) is -2.06. The minimum Gasteiger partial charge on any atom is -0.480 e. The molecule has 134 valence electrons. The Bertz CT molecular complexity index is 703. The number of halogens is 3. The van der Waals surface area contributed by atoms with Gasteiger partial charge in [0.2, 0.25) is 0 Å². The first-order chi connectivity index (χ1) is 10.9. The average Bonchev–Trinajstić information content (AvgIpc) is 2.37. The Morgan fingerprint density at radius 3 is 2.25 bits per heavy atom. The van der Waals surface area contributed by atoms with Crippen LogP contribution in [0, 0.1) is 0 Å². The number of aliphatic carboxylic acids is 1. The molecule has 0 aliphatic rings. The number of thiocarbonyl (C=S) groups is 1. The summed E-state index contributed by atoms with van der Waals surface area (Å²) in [4.78, 5) is 11.0. The van der Waals surface area contributed by atoms with Crippen molar-refractivity contribution in [3.63, 3.8) is 0 Å². The maximum atomic E-state index is 12.3. The zero-order valence-electron chi connectivity index (χ0n) is 12.4. The SMILES string of the molecule is CS(=O)(=O)CC(NC(=S)Nc1ccc(CC(F)(F)F)cc1)C(=O)O. The third-order valence-corrected chi connectivity index (χ3v) is 3.85. The molecule has 0 spiro atoms. The number of sulfone groups is 1. The Labute approximate surface area is 142 Å². The maximum absolute atomic E-state index is 12.3. The fourth-order valence-corrected chi connectivity index (χ4v) is 2.83. The second-order valence-electron chi connectivity index (χ2n) is 5.07. The van der Waals surface area contributed by atoms with Crippen molar-refractivity contribution in [2.45, 2.75) is 18.6 Å². The van der Waals surface area contributed by atoms with Gasteiger partial charge >= 0.3 is 12.1 Å². The molecule has 0 aliphatic carbocycles. The number of rotatable bonds is 6. The molecule has 0 radical (unpaired) electrons. The lowest BCUT2D eigenvalue weighted by atomic mass is 10.1. The highest BCUT2D eigenvalue weighted by molar-refractivity contribution is 7.90. The molecule has 1 rings (SSSR count). The first kappa shape index (κ1) is 20.2. The smallest absolute Gasteiger partial charge is 0.393 e. The monoisotopic (exact) mass is 384 g/mol. The lowest BCUT2D eigenvalue weighted by Gasteiger charge is -2.16. The summed E-state index contributed by atoms with van der Waals surface area (Å²) < 4.78 is 59.1. The van der Waals surface area contributed by atoms with Crippen LogP contribution in [0.1, 0.15) is 5.56 Å². The van der Waals surface area contributed by atoms with Gasteiger partial charge in [-0.3, -0.25) is 0 Å². The number of carbonyl (C=O) groups is 1. The first-order valence-electron chi connectivity index (χ1n) is 6.49. The third kappa shape index (κ3) is 8.11. The lowest BCUT2D eigenvalue weighted by Crippen LogP contribution is -2.46. The van der Waals surface area contributed by atoms with E-state index in [2.05, 4.69) is 10.6 Å². The number of anilines is 1. The molecule has 1 unspecified atom stereocenters. The van der Waals surface area contributed by atoms with E-state index in [1.807, 2.05) is 0 Å². The molecule has 0 aliphatic heterocycles. The van der Waals surface area contributed by atoms with Gasteiger partial charge in [0, 0.05) is 11.9 Å². The molecule has 11 heteroatoms. The van der Waals surface area contributed by atoms with Crippen molar-refractivity contribution in [1.82, 2.24) is 5.32 Å². The summed E-state index contributed by atoms with van der Waals surface area (Å²) in [7, 11) is -3.55. The number of nitrogens with one attached hydrogen (secondary N) is 2. The molecule has 3 N–H and O–H groups in total. The fourth-order valence-electron chi connectivity index (χ4n) is 1.74. The summed E-state index contributed by atoms with van der Waals surface area (Å²) in [5, 5.41) is 13.7. The van der Waals surface area contributed by atoms with Crippen LogP contribution in [0.2, 0.25) is 0 Å². The molecule has 0 fully saturated rings. The van der Waals surface area contributed by atoms with Gasteiger partial charge in [0.25, 0.3) is 0 Å². The van der Waals surface area contributed by atoms with Crippen LogP contribution in [0.3, 0.4) is 0 Å². The number of carboxylic acid groups (broad SMARTS) is 1. The summed E-state index contributed by atoms with van der Waals surface area (Å²) in [5.41, 5.74) is 0.398. The summed E-state index contributed by atoms with van der Waals surface area (Å²) in [6, 6.07) is 3.76. The molecule has 6 nitrogen and oxygen atoms in total. The number of hydrogen-bond acceptors (Lipinski definition) is 4. The molecule has 24 heavy (non-hydrogen) atoms. The lowest BCUT2D eigenvalue weighted by molar-refractivity contribution is -0.138. The van der Waals surface area contributed by atoms with Gasteiger partial charge in [-0.15, -0.1) is 0 Å². The fraction of sp³-hybridized carbons (Fsp3) is 0.385. The van der Waals surface area contributed by atoms with Gasteiger partial charge in [-0.05, 0) is 29.9 Å². The number of carboxylic acids is 1. The van der Waals surface area contributed by atoms with Crippen LogP contribution in [0.5, 0.6) is 0 Å². The first-order valence-corrected chi connectivity index (χ1v) is 8.96. The van der Waals surface area contributed by atoms with Crippen LogP contribution in [0.4, 0.5) is 18.9 Å². The van der Waals surface area contributed by atoms with Crippen LogP contribution in [-0.4, -0.2) is 48.8 Å². The second-order valence-corrected chi connectivity index (χ2v) is 7.66. The molecule has 0 aromatic heterocycles. The van der Waals surface area contributed by atoms with E-state index < -0.39 is 40.2 Å². The van der Waals surface area contributed by atoms with Crippen LogP contribution in [0.15, 0.2) is 24.3 Å². The highest BCUT2D eigenvalue weighted by Crippen LogP contribution is 2.22. The van der Waals surface area contributed by atoms with E-state index in [0.717, 1.165) is 6.26 Å². The molecule has 1 atom stereocenters. The van der Waals surface area contributed by atoms with Crippen molar-refractivity contribution < 1.29 is 31.5 Å². The van der Waals surface area contributed by atoms with E-state index in [9.17, 15) is 26.4 Å². The quantitative estimate of drug-likeness (QED) is 0.641. The Kier molecular flexibility index (Phi) is 6.55. The van der Waals surface area contributed by atoms with E-state index in [4.69, 9.17) is 17.3 Å². The molecule has 0 heterocycles. The van der Waals surface area contributed by atoms with Gasteiger partial charge < -0.3 is 15.7 Å². The van der Waals surface area contributed by atoms with E-state index in [-0.39, 0.29) is 10.7 Å². The zero-order valence-corrected chi connectivity index (χ0v) is 14.1. The second kappa shape index (κ2) is 7.79. The summed E-state index contributed by atoms with van der Waals surface area (Å²) >= 11 is 4.88. The molecule has 1 aromatic rings. The minimum atomic E-state index is -4.31. The van der Waals surface area contributed by atoms with Gasteiger partial charge in [-0.1, -0.05) is 12.1 Å². The Balaban J connectivity index is 2.68. The van der Waals surface area contributed by atoms with Gasteiger partial charge in [0.15, 0.2) is 5.11 Å². The molecule has 1 aromatic carbocycles. The van der Waals surface area contributed by atoms with E-state index in [0.29, 0.717) is 5.69 Å².